The minimum atomic E-state index is -0.644. The van der Waals surface area contributed by atoms with Crippen molar-refractivity contribution < 1.29 is 5.11 Å². The van der Waals surface area contributed by atoms with Gasteiger partial charge in [-0.2, -0.15) is 0 Å². The molecule has 1 aromatic heterocycles. The van der Waals surface area contributed by atoms with Crippen molar-refractivity contribution in [1.82, 2.24) is 4.98 Å². The topological polar surface area (TPSA) is 33.1 Å². The largest absolute Gasteiger partial charge is 0.388 e. The highest BCUT2D eigenvalue weighted by Crippen LogP contribution is 2.31. The molecule has 1 N–H and O–H groups in total. The van der Waals surface area contributed by atoms with Gasteiger partial charge in [-0.1, -0.05) is 29.8 Å². The van der Waals surface area contributed by atoms with Gasteiger partial charge in [0.15, 0.2) is 0 Å². The highest BCUT2D eigenvalue weighted by atomic mass is 79.9. The van der Waals surface area contributed by atoms with Gasteiger partial charge in [0.2, 0.25) is 0 Å². The zero-order chi connectivity index (χ0) is 12.3. The van der Waals surface area contributed by atoms with Gasteiger partial charge >= 0.3 is 0 Å². The molecule has 0 fully saturated rings. The summed E-state index contributed by atoms with van der Waals surface area (Å²) in [6.45, 7) is 0. The van der Waals surface area contributed by atoms with Crippen LogP contribution < -0.4 is 0 Å². The van der Waals surface area contributed by atoms with Crippen LogP contribution in [0.2, 0.25) is 5.02 Å². The number of rotatable bonds is 3. The summed E-state index contributed by atoms with van der Waals surface area (Å²) in [6, 6.07) is 11.2. The Morgan fingerprint density at radius 1 is 1.24 bits per heavy atom. The average molecular weight is 313 g/mol. The van der Waals surface area contributed by atoms with Crippen molar-refractivity contribution in [3.05, 3.63) is 63.3 Å². The van der Waals surface area contributed by atoms with Crippen LogP contribution in [0.25, 0.3) is 0 Å². The average Bonchev–Trinajstić information content (AvgIpc) is 2.34. The zero-order valence-corrected chi connectivity index (χ0v) is 11.3. The van der Waals surface area contributed by atoms with Crippen LogP contribution in [-0.4, -0.2) is 10.1 Å². The van der Waals surface area contributed by atoms with E-state index in [1.807, 2.05) is 36.4 Å². The second-order valence-electron chi connectivity index (χ2n) is 3.68. The van der Waals surface area contributed by atoms with Crippen molar-refractivity contribution in [3.63, 3.8) is 0 Å². The molecular formula is C13H11BrClNO. The van der Waals surface area contributed by atoms with Crippen LogP contribution in [0.1, 0.15) is 17.4 Å². The summed E-state index contributed by atoms with van der Waals surface area (Å²) in [5, 5.41) is 10.7. The minimum absolute atomic E-state index is 0.455. The number of aliphatic hydroxyl groups excluding tert-OH is 1. The van der Waals surface area contributed by atoms with E-state index in [-0.39, 0.29) is 0 Å². The first-order chi connectivity index (χ1) is 8.18. The predicted molar refractivity (Wildman–Crippen MR) is 72.1 cm³/mol. The molecule has 0 aliphatic carbocycles. The number of pyridine rings is 1. The molecule has 1 unspecified atom stereocenters. The molecule has 0 radical (unpaired) electrons. The molecule has 2 nitrogen and oxygen atoms in total. The van der Waals surface area contributed by atoms with Gasteiger partial charge in [0.1, 0.15) is 0 Å². The Kier molecular flexibility index (Phi) is 4.15. The third kappa shape index (κ3) is 3.06. The number of halogens is 2. The van der Waals surface area contributed by atoms with Gasteiger partial charge in [0, 0.05) is 28.3 Å². The molecule has 0 saturated heterocycles. The second kappa shape index (κ2) is 5.63. The predicted octanol–water partition coefficient (Wildman–Crippen LogP) is 3.77. The lowest BCUT2D eigenvalue weighted by Crippen LogP contribution is -2.04. The van der Waals surface area contributed by atoms with Gasteiger partial charge in [-0.25, -0.2) is 0 Å². The van der Waals surface area contributed by atoms with Gasteiger partial charge in [0.25, 0.3) is 0 Å². The van der Waals surface area contributed by atoms with E-state index in [2.05, 4.69) is 20.9 Å². The van der Waals surface area contributed by atoms with Crippen molar-refractivity contribution in [1.29, 1.82) is 0 Å². The molecule has 17 heavy (non-hydrogen) atoms. The fourth-order valence-electron chi connectivity index (χ4n) is 1.60. The quantitative estimate of drug-likeness (QED) is 0.936. The first kappa shape index (κ1) is 12.6. The molecule has 0 saturated carbocycles. The fraction of sp³-hybridized carbons (Fsp3) is 0.154. The Balaban J connectivity index is 2.20. The third-order valence-corrected chi connectivity index (χ3v) is 3.78. The van der Waals surface area contributed by atoms with Crippen LogP contribution in [0, 0.1) is 0 Å². The van der Waals surface area contributed by atoms with Crippen molar-refractivity contribution in [2.45, 2.75) is 12.5 Å². The molecule has 1 aromatic carbocycles. The molecular weight excluding hydrogens is 302 g/mol. The molecule has 2 rings (SSSR count). The first-order valence-corrected chi connectivity index (χ1v) is 6.37. The Morgan fingerprint density at radius 3 is 2.76 bits per heavy atom. The maximum absolute atomic E-state index is 10.1. The van der Waals surface area contributed by atoms with E-state index in [9.17, 15) is 5.11 Å². The number of hydrogen-bond donors (Lipinski definition) is 1. The van der Waals surface area contributed by atoms with Crippen LogP contribution in [0.5, 0.6) is 0 Å². The Labute approximate surface area is 113 Å². The second-order valence-corrected chi connectivity index (χ2v) is 4.92. The number of nitrogens with zero attached hydrogens (tertiary/aromatic N) is 1. The standard InChI is InChI=1S/C13H11BrClNO/c14-11-6-3-5-10(13(11)15)12(17)8-9-4-1-2-7-16-9/h1-7,12,17H,8H2. The van der Waals surface area contributed by atoms with E-state index in [0.717, 1.165) is 10.2 Å². The number of hydrogen-bond acceptors (Lipinski definition) is 2. The lowest BCUT2D eigenvalue weighted by atomic mass is 10.0. The van der Waals surface area contributed by atoms with Gasteiger partial charge in [-0.15, -0.1) is 0 Å². The maximum Gasteiger partial charge on any atom is 0.0860 e. The number of benzene rings is 1. The summed E-state index contributed by atoms with van der Waals surface area (Å²) in [6.07, 6.45) is 1.52. The molecule has 0 spiro atoms. The van der Waals surface area contributed by atoms with E-state index in [1.54, 1.807) is 6.20 Å². The monoisotopic (exact) mass is 311 g/mol. The van der Waals surface area contributed by atoms with Crippen molar-refractivity contribution in [2.75, 3.05) is 0 Å². The van der Waals surface area contributed by atoms with Gasteiger partial charge in [-0.3, -0.25) is 4.98 Å². The highest BCUT2D eigenvalue weighted by Gasteiger charge is 2.14. The van der Waals surface area contributed by atoms with Crippen LogP contribution in [0.15, 0.2) is 47.1 Å². The lowest BCUT2D eigenvalue weighted by Gasteiger charge is -2.13. The van der Waals surface area contributed by atoms with Crippen LogP contribution in [0.4, 0.5) is 0 Å². The smallest absolute Gasteiger partial charge is 0.0860 e. The van der Waals surface area contributed by atoms with E-state index in [4.69, 9.17) is 11.6 Å². The van der Waals surface area contributed by atoms with Gasteiger partial charge in [0.05, 0.1) is 11.1 Å². The molecule has 2 aromatic rings. The molecule has 0 bridgehead atoms. The molecule has 88 valence electrons. The summed E-state index contributed by atoms with van der Waals surface area (Å²) < 4.78 is 0.789. The molecule has 1 atom stereocenters. The lowest BCUT2D eigenvalue weighted by molar-refractivity contribution is 0.177. The SMILES string of the molecule is OC(Cc1ccccn1)c1cccc(Br)c1Cl. The Hall–Kier alpha value is -0.900. The van der Waals surface area contributed by atoms with E-state index >= 15 is 0 Å². The van der Waals surface area contributed by atoms with Crippen molar-refractivity contribution in [3.8, 4) is 0 Å². The van der Waals surface area contributed by atoms with Crippen LogP contribution in [-0.2, 0) is 6.42 Å². The fourth-order valence-corrected chi connectivity index (χ4v) is 2.24. The zero-order valence-electron chi connectivity index (χ0n) is 8.98. The van der Waals surface area contributed by atoms with Gasteiger partial charge < -0.3 is 5.11 Å². The maximum atomic E-state index is 10.1. The third-order valence-electron chi connectivity index (χ3n) is 2.47. The van der Waals surface area contributed by atoms with Gasteiger partial charge in [-0.05, 0) is 34.1 Å². The normalized spacial score (nSPS) is 12.4. The summed E-state index contributed by atoms with van der Waals surface area (Å²) in [7, 11) is 0. The highest BCUT2D eigenvalue weighted by molar-refractivity contribution is 9.10. The Bertz CT molecular complexity index is 504. The summed E-state index contributed by atoms with van der Waals surface area (Å²) in [4.78, 5) is 4.18. The molecule has 1 heterocycles. The molecule has 0 aliphatic rings. The molecule has 0 aliphatic heterocycles. The summed E-state index contributed by atoms with van der Waals surface area (Å²) >= 11 is 9.47. The summed E-state index contributed by atoms with van der Waals surface area (Å²) in [5.74, 6) is 0. The van der Waals surface area contributed by atoms with Crippen molar-refractivity contribution in [2.24, 2.45) is 0 Å². The van der Waals surface area contributed by atoms with Crippen LogP contribution in [0.3, 0.4) is 0 Å². The Morgan fingerprint density at radius 2 is 2.06 bits per heavy atom. The van der Waals surface area contributed by atoms with E-state index in [1.165, 1.54) is 0 Å². The van der Waals surface area contributed by atoms with E-state index < -0.39 is 6.10 Å². The van der Waals surface area contributed by atoms with Crippen LogP contribution >= 0.6 is 27.5 Å². The summed E-state index contributed by atoms with van der Waals surface area (Å²) in [5.41, 5.74) is 1.56. The number of aromatic nitrogens is 1. The number of aliphatic hydroxyl groups is 1. The van der Waals surface area contributed by atoms with E-state index in [0.29, 0.717) is 17.0 Å². The first-order valence-electron chi connectivity index (χ1n) is 5.20. The molecule has 4 heteroatoms. The minimum Gasteiger partial charge on any atom is -0.388 e. The van der Waals surface area contributed by atoms with Crippen molar-refractivity contribution >= 4 is 27.5 Å². The molecule has 0 amide bonds.